The van der Waals surface area contributed by atoms with E-state index in [0.29, 0.717) is 0 Å². The van der Waals surface area contributed by atoms with Crippen molar-refractivity contribution in [1.82, 2.24) is 5.16 Å². The van der Waals surface area contributed by atoms with E-state index in [1.165, 1.54) is 12.1 Å². The Kier molecular flexibility index (Phi) is 3.60. The largest absolute Gasteiger partial charge is 0.383 e. The monoisotopic (exact) mass is 317 g/mol. The van der Waals surface area contributed by atoms with Gasteiger partial charge in [0.2, 0.25) is 5.76 Å². The summed E-state index contributed by atoms with van der Waals surface area (Å²) in [6.07, 6.45) is 0. The van der Waals surface area contributed by atoms with E-state index in [9.17, 15) is 23.7 Å². The number of halogens is 3. The number of carbonyl (C=O) groups excluding carboxylic acids is 1. The van der Waals surface area contributed by atoms with Crippen molar-refractivity contribution in [3.8, 4) is 11.3 Å². The SMILES string of the molecule is NC(=O)c1c(-c2ccc([N+](=O)[O-])cc2)noc1C(F)(F)Cl. The van der Waals surface area contributed by atoms with Crippen LogP contribution in [0.2, 0.25) is 0 Å². The molecule has 0 unspecified atom stereocenters. The first-order valence-electron chi connectivity index (χ1n) is 5.33. The fourth-order valence-corrected chi connectivity index (χ4v) is 1.78. The van der Waals surface area contributed by atoms with Gasteiger partial charge >= 0.3 is 5.38 Å². The van der Waals surface area contributed by atoms with Gasteiger partial charge in [0.25, 0.3) is 11.6 Å². The van der Waals surface area contributed by atoms with Crippen LogP contribution in [0.4, 0.5) is 14.5 Å². The van der Waals surface area contributed by atoms with Gasteiger partial charge in [-0.25, -0.2) is 0 Å². The smallest absolute Gasteiger partial charge is 0.365 e. The molecule has 0 spiro atoms. The Morgan fingerprint density at radius 1 is 1.38 bits per heavy atom. The van der Waals surface area contributed by atoms with Crippen LogP contribution in [0.3, 0.4) is 0 Å². The molecule has 1 aromatic heterocycles. The number of nitro groups is 1. The van der Waals surface area contributed by atoms with Crippen LogP contribution < -0.4 is 5.73 Å². The Hall–Kier alpha value is -2.55. The number of amides is 1. The molecule has 0 saturated heterocycles. The number of hydrogen-bond donors (Lipinski definition) is 1. The number of alkyl halides is 3. The number of hydrogen-bond acceptors (Lipinski definition) is 5. The van der Waals surface area contributed by atoms with Gasteiger partial charge in [0.1, 0.15) is 11.3 Å². The molecule has 10 heteroatoms. The maximum absolute atomic E-state index is 13.1. The standard InChI is InChI=1S/C11H6ClF2N3O4/c12-11(13,14)9-7(10(15)18)8(16-21-9)5-1-3-6(4-2-5)17(19)20/h1-4H,(H2,15,18). The molecule has 2 N–H and O–H groups in total. The quantitative estimate of drug-likeness (QED) is 0.529. The van der Waals surface area contributed by atoms with E-state index in [2.05, 4.69) is 9.68 Å². The first kappa shape index (κ1) is 14.9. The zero-order valence-corrected chi connectivity index (χ0v) is 10.8. The van der Waals surface area contributed by atoms with E-state index < -0.39 is 27.5 Å². The van der Waals surface area contributed by atoms with Crippen LogP contribution in [0.15, 0.2) is 28.8 Å². The maximum Gasteiger partial charge on any atom is 0.383 e. The second kappa shape index (κ2) is 5.09. The van der Waals surface area contributed by atoms with Crippen molar-refractivity contribution in [2.24, 2.45) is 5.73 Å². The molecular formula is C11H6ClF2N3O4. The summed E-state index contributed by atoms with van der Waals surface area (Å²) in [4.78, 5) is 21.2. The molecule has 1 heterocycles. The Bertz CT molecular complexity index is 709. The lowest BCUT2D eigenvalue weighted by atomic mass is 10.1. The van der Waals surface area contributed by atoms with Crippen LogP contribution in [0, 0.1) is 10.1 Å². The second-order valence-electron chi connectivity index (χ2n) is 3.90. The summed E-state index contributed by atoms with van der Waals surface area (Å²) >= 11 is 4.81. The number of primary amides is 1. The Morgan fingerprint density at radius 3 is 2.38 bits per heavy atom. The van der Waals surface area contributed by atoms with Gasteiger partial charge in [0, 0.05) is 17.7 Å². The third-order valence-corrected chi connectivity index (χ3v) is 2.72. The summed E-state index contributed by atoms with van der Waals surface area (Å²) in [6, 6.07) is 4.68. The molecular weight excluding hydrogens is 312 g/mol. The first-order chi connectivity index (χ1) is 9.71. The molecule has 0 aliphatic carbocycles. The van der Waals surface area contributed by atoms with Crippen LogP contribution in [0.5, 0.6) is 0 Å². The molecule has 2 rings (SSSR count). The van der Waals surface area contributed by atoms with Crippen molar-refractivity contribution in [3.63, 3.8) is 0 Å². The van der Waals surface area contributed by atoms with E-state index in [1.807, 2.05) is 0 Å². The van der Waals surface area contributed by atoms with Gasteiger partial charge in [-0.15, -0.1) is 0 Å². The average molecular weight is 318 g/mol. The van der Waals surface area contributed by atoms with Crippen molar-refractivity contribution >= 4 is 23.2 Å². The highest BCUT2D eigenvalue weighted by atomic mass is 35.5. The molecule has 0 radical (unpaired) electrons. The van der Waals surface area contributed by atoms with Crippen LogP contribution in [-0.4, -0.2) is 16.0 Å². The summed E-state index contributed by atoms with van der Waals surface area (Å²) < 4.78 is 30.6. The Morgan fingerprint density at radius 2 is 1.95 bits per heavy atom. The van der Waals surface area contributed by atoms with Crippen molar-refractivity contribution in [3.05, 3.63) is 45.7 Å². The van der Waals surface area contributed by atoms with Gasteiger partial charge in [-0.2, -0.15) is 8.78 Å². The minimum Gasteiger partial charge on any atom is -0.365 e. The van der Waals surface area contributed by atoms with Gasteiger partial charge in [-0.05, 0) is 23.7 Å². The van der Waals surface area contributed by atoms with Crippen molar-refractivity contribution in [1.29, 1.82) is 0 Å². The maximum atomic E-state index is 13.1. The van der Waals surface area contributed by atoms with Crippen molar-refractivity contribution in [2.75, 3.05) is 0 Å². The van der Waals surface area contributed by atoms with Gasteiger partial charge in [0.15, 0.2) is 0 Å². The van der Waals surface area contributed by atoms with E-state index in [0.717, 1.165) is 12.1 Å². The third-order valence-electron chi connectivity index (χ3n) is 2.55. The fraction of sp³-hybridized carbons (Fsp3) is 0.0909. The number of benzene rings is 1. The van der Waals surface area contributed by atoms with Crippen LogP contribution in [0.1, 0.15) is 16.1 Å². The predicted molar refractivity (Wildman–Crippen MR) is 66.9 cm³/mol. The number of nitrogens with two attached hydrogens (primary N) is 1. The third kappa shape index (κ3) is 2.82. The van der Waals surface area contributed by atoms with E-state index in [-0.39, 0.29) is 16.9 Å². The molecule has 0 aliphatic heterocycles. The number of nitrogens with zero attached hydrogens (tertiary/aromatic N) is 2. The summed E-state index contributed by atoms with van der Waals surface area (Å²) in [5.41, 5.74) is 4.01. The van der Waals surface area contributed by atoms with E-state index >= 15 is 0 Å². The number of non-ortho nitro benzene ring substituents is 1. The number of carbonyl (C=O) groups is 1. The molecule has 1 aromatic carbocycles. The lowest BCUT2D eigenvalue weighted by Gasteiger charge is -2.04. The highest BCUT2D eigenvalue weighted by Crippen LogP contribution is 2.38. The Labute approximate surface area is 120 Å². The summed E-state index contributed by atoms with van der Waals surface area (Å²) in [5, 5.41) is 9.92. The molecule has 0 fully saturated rings. The van der Waals surface area contributed by atoms with E-state index in [4.69, 9.17) is 17.3 Å². The highest BCUT2D eigenvalue weighted by molar-refractivity contribution is 6.22. The Balaban J connectivity index is 2.57. The first-order valence-corrected chi connectivity index (χ1v) is 5.71. The zero-order valence-electron chi connectivity index (χ0n) is 10.0. The molecule has 2 aromatic rings. The normalized spacial score (nSPS) is 11.4. The second-order valence-corrected chi connectivity index (χ2v) is 4.38. The number of aromatic nitrogens is 1. The minimum atomic E-state index is -3.96. The molecule has 7 nitrogen and oxygen atoms in total. The zero-order chi connectivity index (χ0) is 15.8. The van der Waals surface area contributed by atoms with Crippen LogP contribution in [0.25, 0.3) is 11.3 Å². The molecule has 0 bridgehead atoms. The minimum absolute atomic E-state index is 0.144. The fourth-order valence-electron chi connectivity index (χ4n) is 1.65. The average Bonchev–Trinajstić information content (AvgIpc) is 2.83. The van der Waals surface area contributed by atoms with Crippen LogP contribution in [-0.2, 0) is 5.38 Å². The molecule has 110 valence electrons. The predicted octanol–water partition coefficient (Wildman–Crippen LogP) is 2.64. The summed E-state index contributed by atoms with van der Waals surface area (Å²) in [5.74, 6) is -2.38. The van der Waals surface area contributed by atoms with Gasteiger partial charge < -0.3 is 10.3 Å². The molecule has 0 atom stereocenters. The van der Waals surface area contributed by atoms with Gasteiger partial charge in [0.05, 0.1) is 4.92 Å². The number of rotatable bonds is 4. The lowest BCUT2D eigenvalue weighted by Crippen LogP contribution is -2.17. The number of nitro benzene ring substituents is 1. The van der Waals surface area contributed by atoms with Crippen molar-refractivity contribution in [2.45, 2.75) is 5.38 Å². The molecule has 1 amide bonds. The molecule has 21 heavy (non-hydrogen) atoms. The van der Waals surface area contributed by atoms with Gasteiger partial charge in [-0.1, -0.05) is 5.16 Å². The molecule has 0 aliphatic rings. The van der Waals surface area contributed by atoms with Gasteiger partial charge in [-0.3, -0.25) is 14.9 Å². The highest BCUT2D eigenvalue weighted by Gasteiger charge is 2.40. The van der Waals surface area contributed by atoms with Crippen molar-refractivity contribution < 1.29 is 23.0 Å². The van der Waals surface area contributed by atoms with E-state index in [1.54, 1.807) is 0 Å². The topological polar surface area (TPSA) is 112 Å². The lowest BCUT2D eigenvalue weighted by molar-refractivity contribution is -0.384. The summed E-state index contributed by atoms with van der Waals surface area (Å²) in [7, 11) is 0. The summed E-state index contributed by atoms with van der Waals surface area (Å²) in [6.45, 7) is 0. The van der Waals surface area contributed by atoms with Crippen LogP contribution >= 0.6 is 11.6 Å². The molecule has 0 saturated carbocycles.